The van der Waals surface area contributed by atoms with E-state index in [0.29, 0.717) is 33.3 Å². The van der Waals surface area contributed by atoms with Gasteiger partial charge in [0.25, 0.3) is 5.78 Å². The number of aromatic nitrogens is 1. The molecule has 4 aromatic rings. The van der Waals surface area contributed by atoms with Gasteiger partial charge >= 0.3 is 5.91 Å². The molecule has 2 heterocycles. The first-order chi connectivity index (χ1) is 16.5. The lowest BCUT2D eigenvalue weighted by atomic mass is 9.95. The number of aliphatic hydroxyl groups is 1. The third-order valence-corrected chi connectivity index (χ3v) is 6.71. The average Bonchev–Trinajstić information content (AvgIpc) is 3.41. The van der Waals surface area contributed by atoms with Crippen LogP contribution in [0.3, 0.4) is 0 Å². The molecule has 170 valence electrons. The Balaban J connectivity index is 1.73. The summed E-state index contributed by atoms with van der Waals surface area (Å²) in [5, 5.41) is 11.5. The van der Waals surface area contributed by atoms with Gasteiger partial charge in [-0.1, -0.05) is 53.8 Å². The second-order valence-corrected chi connectivity index (χ2v) is 8.65. The summed E-state index contributed by atoms with van der Waals surface area (Å²) in [6.45, 7) is 0. The Kier molecular flexibility index (Phi) is 5.51. The number of fused-ring (bicyclic) bond motifs is 1. The first-order valence-electron chi connectivity index (χ1n) is 10.5. The third-order valence-electron chi connectivity index (χ3n) is 5.69. The SMILES string of the molecule is COc1cccc(C2C(=C(O)c3ccccc3)C(=O)C(=O)N2c2nc3ccc(OC)cc3s2)c1. The van der Waals surface area contributed by atoms with Gasteiger partial charge in [0.1, 0.15) is 17.3 Å². The van der Waals surface area contributed by atoms with Gasteiger partial charge in [0, 0.05) is 5.56 Å². The summed E-state index contributed by atoms with van der Waals surface area (Å²) in [5.74, 6) is -0.533. The molecule has 0 bridgehead atoms. The van der Waals surface area contributed by atoms with Crippen molar-refractivity contribution in [3.8, 4) is 11.5 Å². The van der Waals surface area contributed by atoms with Crippen molar-refractivity contribution in [3.05, 3.63) is 89.5 Å². The second kappa shape index (κ2) is 8.64. The van der Waals surface area contributed by atoms with E-state index in [-0.39, 0.29) is 11.3 Å². The standard InChI is InChI=1S/C26H20N2O5S/c1-32-17-10-6-9-16(13-17)22-21(23(29)15-7-4-3-5-8-15)24(30)25(31)28(22)26-27-19-12-11-18(33-2)14-20(19)34-26/h3-14,22,29H,1-2H3. The van der Waals surface area contributed by atoms with E-state index in [9.17, 15) is 14.7 Å². The number of amides is 1. The van der Waals surface area contributed by atoms with Gasteiger partial charge < -0.3 is 14.6 Å². The van der Waals surface area contributed by atoms with Crippen molar-refractivity contribution in [1.82, 2.24) is 4.98 Å². The minimum Gasteiger partial charge on any atom is -0.507 e. The summed E-state index contributed by atoms with van der Waals surface area (Å²) in [6.07, 6.45) is 0. The van der Waals surface area contributed by atoms with Crippen molar-refractivity contribution in [3.63, 3.8) is 0 Å². The molecular weight excluding hydrogens is 452 g/mol. The Bertz CT molecular complexity index is 1440. The minimum absolute atomic E-state index is 0.00119. The number of carbonyl (C=O) groups excluding carboxylic acids is 2. The number of ether oxygens (including phenoxy) is 2. The predicted octanol–water partition coefficient (Wildman–Crippen LogP) is 4.94. The van der Waals surface area contributed by atoms with Crippen LogP contribution in [0, 0.1) is 0 Å². The number of aliphatic hydroxyl groups excluding tert-OH is 1. The zero-order valence-corrected chi connectivity index (χ0v) is 19.2. The summed E-state index contributed by atoms with van der Waals surface area (Å²) in [4.78, 5) is 32.6. The minimum atomic E-state index is -0.877. The number of benzene rings is 3. The van der Waals surface area contributed by atoms with Crippen LogP contribution < -0.4 is 14.4 Å². The molecule has 1 aliphatic rings. The maximum Gasteiger partial charge on any atom is 0.301 e. The van der Waals surface area contributed by atoms with Gasteiger partial charge in [0.05, 0.1) is 36.1 Å². The van der Waals surface area contributed by atoms with E-state index >= 15 is 0 Å². The Morgan fingerprint density at radius 2 is 1.68 bits per heavy atom. The van der Waals surface area contributed by atoms with Crippen LogP contribution in [-0.2, 0) is 9.59 Å². The number of hydrogen-bond acceptors (Lipinski definition) is 7. The van der Waals surface area contributed by atoms with Gasteiger partial charge in [-0.3, -0.25) is 14.5 Å². The van der Waals surface area contributed by atoms with Crippen LogP contribution in [0.15, 0.2) is 78.4 Å². The zero-order valence-electron chi connectivity index (χ0n) is 18.4. The van der Waals surface area contributed by atoms with Gasteiger partial charge in [-0.25, -0.2) is 4.98 Å². The van der Waals surface area contributed by atoms with E-state index in [0.717, 1.165) is 4.70 Å². The number of hydrogen-bond donors (Lipinski definition) is 1. The molecule has 1 fully saturated rings. The van der Waals surface area contributed by atoms with Crippen molar-refractivity contribution in [2.45, 2.75) is 6.04 Å². The molecule has 0 aliphatic carbocycles. The van der Waals surface area contributed by atoms with Crippen molar-refractivity contribution in [2.75, 3.05) is 19.1 Å². The highest BCUT2D eigenvalue weighted by molar-refractivity contribution is 7.22. The largest absolute Gasteiger partial charge is 0.507 e. The quantitative estimate of drug-likeness (QED) is 0.251. The molecule has 1 amide bonds. The van der Waals surface area contributed by atoms with Gasteiger partial charge in [-0.05, 0) is 35.9 Å². The summed E-state index contributed by atoms with van der Waals surface area (Å²) in [7, 11) is 3.12. The topological polar surface area (TPSA) is 89.0 Å². The lowest BCUT2D eigenvalue weighted by Gasteiger charge is -2.23. The summed E-state index contributed by atoms with van der Waals surface area (Å²) in [5.41, 5.74) is 1.74. The molecule has 1 unspecified atom stereocenters. The van der Waals surface area contributed by atoms with Crippen molar-refractivity contribution in [1.29, 1.82) is 0 Å². The second-order valence-electron chi connectivity index (χ2n) is 7.64. The number of anilines is 1. The number of ketones is 1. The fourth-order valence-corrected chi connectivity index (χ4v) is 5.05. The molecule has 1 atom stereocenters. The average molecular weight is 473 g/mol. The summed E-state index contributed by atoms with van der Waals surface area (Å²) in [6, 6.07) is 20.3. The molecule has 8 heteroatoms. The highest BCUT2D eigenvalue weighted by Crippen LogP contribution is 2.45. The Hall–Kier alpha value is -4.17. The molecule has 7 nitrogen and oxygen atoms in total. The molecule has 1 N–H and O–H groups in total. The number of Topliss-reactive ketones (excluding diaryl/α,β-unsaturated/α-hetero) is 1. The van der Waals surface area contributed by atoms with Gasteiger partial charge in [-0.15, -0.1) is 0 Å². The fourth-order valence-electron chi connectivity index (χ4n) is 4.03. The lowest BCUT2D eigenvalue weighted by Crippen LogP contribution is -2.29. The third kappa shape index (κ3) is 3.58. The van der Waals surface area contributed by atoms with E-state index < -0.39 is 17.7 Å². The van der Waals surface area contributed by atoms with Gasteiger partial charge in [-0.2, -0.15) is 0 Å². The molecule has 1 saturated heterocycles. The number of carbonyl (C=O) groups is 2. The smallest absolute Gasteiger partial charge is 0.301 e. The van der Waals surface area contributed by atoms with Gasteiger partial charge in [0.15, 0.2) is 5.13 Å². The Labute approximate surface area is 199 Å². The number of methoxy groups -OCH3 is 2. The first-order valence-corrected chi connectivity index (χ1v) is 11.3. The van der Waals surface area contributed by atoms with Crippen molar-refractivity contribution < 1.29 is 24.2 Å². The molecular formula is C26H20N2O5S. The Morgan fingerprint density at radius 1 is 0.941 bits per heavy atom. The van der Waals surface area contributed by atoms with E-state index in [2.05, 4.69) is 4.98 Å². The van der Waals surface area contributed by atoms with Crippen LogP contribution >= 0.6 is 11.3 Å². The highest BCUT2D eigenvalue weighted by Gasteiger charge is 2.48. The monoisotopic (exact) mass is 472 g/mol. The van der Waals surface area contributed by atoms with Crippen LogP contribution in [0.1, 0.15) is 17.2 Å². The Morgan fingerprint density at radius 3 is 2.41 bits per heavy atom. The summed E-state index contributed by atoms with van der Waals surface area (Å²) < 4.78 is 11.5. The maximum atomic E-state index is 13.3. The number of nitrogens with zero attached hydrogens (tertiary/aromatic N) is 2. The normalized spacial score (nSPS) is 17.4. The van der Waals surface area contributed by atoms with Crippen LogP contribution in [0.5, 0.6) is 11.5 Å². The lowest BCUT2D eigenvalue weighted by molar-refractivity contribution is -0.132. The molecule has 0 spiro atoms. The maximum absolute atomic E-state index is 13.3. The zero-order chi connectivity index (χ0) is 23.8. The molecule has 5 rings (SSSR count). The van der Waals surface area contributed by atoms with E-state index in [1.807, 2.05) is 12.1 Å². The number of thiazole rings is 1. The first kappa shape index (κ1) is 21.7. The van der Waals surface area contributed by atoms with Crippen LogP contribution in [0.25, 0.3) is 16.0 Å². The van der Waals surface area contributed by atoms with Crippen LogP contribution in [0.4, 0.5) is 5.13 Å². The molecule has 0 saturated carbocycles. The van der Waals surface area contributed by atoms with Crippen LogP contribution in [-0.4, -0.2) is 36.0 Å². The fraction of sp³-hybridized carbons (Fsp3) is 0.115. The van der Waals surface area contributed by atoms with E-state index in [1.54, 1.807) is 74.9 Å². The molecule has 34 heavy (non-hydrogen) atoms. The van der Waals surface area contributed by atoms with E-state index in [4.69, 9.17) is 9.47 Å². The van der Waals surface area contributed by atoms with Gasteiger partial charge in [0.2, 0.25) is 0 Å². The van der Waals surface area contributed by atoms with Crippen molar-refractivity contribution >= 4 is 44.1 Å². The number of rotatable bonds is 5. The molecule has 1 aliphatic heterocycles. The highest BCUT2D eigenvalue weighted by atomic mass is 32.1. The van der Waals surface area contributed by atoms with E-state index in [1.165, 1.54) is 16.2 Å². The summed E-state index contributed by atoms with van der Waals surface area (Å²) >= 11 is 1.27. The molecule has 0 radical (unpaired) electrons. The predicted molar refractivity (Wildman–Crippen MR) is 130 cm³/mol. The van der Waals surface area contributed by atoms with Crippen molar-refractivity contribution in [2.24, 2.45) is 0 Å². The molecule has 3 aromatic carbocycles. The van der Waals surface area contributed by atoms with Crippen LogP contribution in [0.2, 0.25) is 0 Å². The molecule has 1 aromatic heterocycles.